The normalized spacial score (nSPS) is 15.4. The van der Waals surface area contributed by atoms with Crippen LogP contribution in [0.4, 0.5) is 0 Å². The summed E-state index contributed by atoms with van der Waals surface area (Å²) >= 11 is 1.67. The highest BCUT2D eigenvalue weighted by Crippen LogP contribution is 2.25. The molecule has 3 rings (SSSR count). The summed E-state index contributed by atoms with van der Waals surface area (Å²) in [5.74, 6) is 0.289. The number of amides is 1. The predicted octanol–water partition coefficient (Wildman–Crippen LogP) is 4.45. The van der Waals surface area contributed by atoms with Crippen LogP contribution in [0, 0.1) is 6.92 Å². The van der Waals surface area contributed by atoms with Gasteiger partial charge in [0.1, 0.15) is 5.01 Å². The van der Waals surface area contributed by atoms with Gasteiger partial charge in [-0.2, -0.15) is 0 Å². The van der Waals surface area contributed by atoms with Crippen LogP contribution in [0.1, 0.15) is 43.4 Å². The van der Waals surface area contributed by atoms with Gasteiger partial charge in [-0.05, 0) is 32.3 Å². The molecule has 1 aromatic carbocycles. The SMILES string of the molecule is Cc1cccc(-c2nc(CCC(=O)N3CCCCCC3)cs2)c1. The second kappa shape index (κ2) is 7.73. The number of nitrogens with zero attached hydrogens (tertiary/aromatic N) is 2. The molecule has 1 aromatic heterocycles. The van der Waals surface area contributed by atoms with Gasteiger partial charge in [0.05, 0.1) is 5.69 Å². The molecular formula is C19H24N2OS. The number of thiazole rings is 1. The Morgan fingerprint density at radius 1 is 1.22 bits per heavy atom. The largest absolute Gasteiger partial charge is 0.343 e. The summed E-state index contributed by atoms with van der Waals surface area (Å²) in [4.78, 5) is 19.1. The van der Waals surface area contributed by atoms with Gasteiger partial charge < -0.3 is 4.90 Å². The van der Waals surface area contributed by atoms with Gasteiger partial charge in [0.25, 0.3) is 0 Å². The monoisotopic (exact) mass is 328 g/mol. The lowest BCUT2D eigenvalue weighted by Gasteiger charge is -2.19. The van der Waals surface area contributed by atoms with Gasteiger partial charge in [-0.25, -0.2) is 4.98 Å². The van der Waals surface area contributed by atoms with Gasteiger partial charge in [0, 0.05) is 30.5 Å². The van der Waals surface area contributed by atoms with Crippen molar-refractivity contribution in [3.8, 4) is 10.6 Å². The Hall–Kier alpha value is -1.68. The summed E-state index contributed by atoms with van der Waals surface area (Å²) in [5, 5.41) is 3.14. The third-order valence-corrected chi connectivity index (χ3v) is 5.31. The van der Waals surface area contributed by atoms with Crippen LogP contribution in [0.15, 0.2) is 29.6 Å². The molecule has 1 aliphatic rings. The maximum atomic E-state index is 12.3. The Labute approximate surface area is 142 Å². The number of hydrogen-bond donors (Lipinski definition) is 0. The van der Waals surface area contributed by atoms with Crippen LogP contribution in [-0.2, 0) is 11.2 Å². The lowest BCUT2D eigenvalue weighted by atomic mass is 10.1. The Kier molecular flexibility index (Phi) is 5.44. The van der Waals surface area contributed by atoms with Crippen LogP contribution >= 0.6 is 11.3 Å². The number of rotatable bonds is 4. The summed E-state index contributed by atoms with van der Waals surface area (Å²) in [6.45, 7) is 3.97. The summed E-state index contributed by atoms with van der Waals surface area (Å²) < 4.78 is 0. The average Bonchev–Trinajstić information content (AvgIpc) is 2.86. The van der Waals surface area contributed by atoms with E-state index in [1.807, 2.05) is 4.90 Å². The molecule has 0 aliphatic carbocycles. The van der Waals surface area contributed by atoms with Gasteiger partial charge in [0.2, 0.25) is 5.91 Å². The number of likely N-dealkylation sites (tertiary alicyclic amines) is 1. The minimum Gasteiger partial charge on any atom is -0.343 e. The molecule has 0 atom stereocenters. The Bertz CT molecular complexity index is 657. The van der Waals surface area contributed by atoms with E-state index >= 15 is 0 Å². The summed E-state index contributed by atoms with van der Waals surface area (Å²) in [6, 6.07) is 8.41. The molecule has 1 fully saturated rings. The van der Waals surface area contributed by atoms with Crippen molar-refractivity contribution in [2.75, 3.05) is 13.1 Å². The molecule has 23 heavy (non-hydrogen) atoms. The molecule has 4 heteroatoms. The third-order valence-electron chi connectivity index (χ3n) is 4.37. The first-order chi connectivity index (χ1) is 11.2. The zero-order chi connectivity index (χ0) is 16.1. The summed E-state index contributed by atoms with van der Waals surface area (Å²) in [7, 11) is 0. The number of hydrogen-bond acceptors (Lipinski definition) is 3. The minimum absolute atomic E-state index is 0.289. The van der Waals surface area contributed by atoms with Crippen molar-refractivity contribution < 1.29 is 4.79 Å². The maximum absolute atomic E-state index is 12.3. The first-order valence-electron chi connectivity index (χ1n) is 8.51. The average molecular weight is 328 g/mol. The van der Waals surface area contributed by atoms with E-state index in [0.717, 1.165) is 43.1 Å². The third kappa shape index (κ3) is 4.41. The fraction of sp³-hybridized carbons (Fsp3) is 0.474. The molecule has 1 aliphatic heterocycles. The number of aryl methyl sites for hydroxylation is 2. The number of carbonyl (C=O) groups excluding carboxylic acids is 1. The molecule has 0 unspecified atom stereocenters. The summed E-state index contributed by atoms with van der Waals surface area (Å²) in [6.07, 6.45) is 6.15. The number of aromatic nitrogens is 1. The zero-order valence-corrected chi connectivity index (χ0v) is 14.6. The van der Waals surface area contributed by atoms with E-state index in [0.29, 0.717) is 6.42 Å². The molecule has 2 aromatic rings. The van der Waals surface area contributed by atoms with Gasteiger partial charge in [-0.15, -0.1) is 11.3 Å². The molecule has 0 spiro atoms. The molecule has 2 heterocycles. The maximum Gasteiger partial charge on any atom is 0.222 e. The molecule has 122 valence electrons. The van der Waals surface area contributed by atoms with Gasteiger partial charge in [0.15, 0.2) is 0 Å². The smallest absolute Gasteiger partial charge is 0.222 e. The summed E-state index contributed by atoms with van der Waals surface area (Å²) in [5.41, 5.74) is 3.45. The van der Waals surface area contributed by atoms with Crippen LogP contribution in [-0.4, -0.2) is 28.9 Å². The molecule has 0 saturated carbocycles. The highest BCUT2D eigenvalue weighted by molar-refractivity contribution is 7.13. The highest BCUT2D eigenvalue weighted by atomic mass is 32.1. The minimum atomic E-state index is 0.289. The van der Waals surface area contributed by atoms with Crippen LogP contribution in [0.5, 0.6) is 0 Å². The quantitative estimate of drug-likeness (QED) is 0.830. The topological polar surface area (TPSA) is 33.2 Å². The number of carbonyl (C=O) groups is 1. The zero-order valence-electron chi connectivity index (χ0n) is 13.8. The molecule has 1 amide bonds. The molecule has 3 nitrogen and oxygen atoms in total. The van der Waals surface area contributed by atoms with Gasteiger partial charge in [-0.1, -0.05) is 36.6 Å². The first kappa shape index (κ1) is 16.2. The Balaban J connectivity index is 1.57. The van der Waals surface area contributed by atoms with Gasteiger partial charge >= 0.3 is 0 Å². The van der Waals surface area contributed by atoms with E-state index in [1.54, 1.807) is 11.3 Å². The van der Waals surface area contributed by atoms with E-state index < -0.39 is 0 Å². The van der Waals surface area contributed by atoms with Crippen LogP contribution in [0.2, 0.25) is 0 Å². The standard InChI is InChI=1S/C19H24N2OS/c1-15-7-6-8-16(13-15)19-20-17(14-23-19)9-10-18(22)21-11-4-2-3-5-12-21/h6-8,13-14H,2-5,9-12H2,1H3. The van der Waals surface area contributed by atoms with Crippen LogP contribution in [0.25, 0.3) is 10.6 Å². The van der Waals surface area contributed by atoms with Gasteiger partial charge in [-0.3, -0.25) is 4.79 Å². The molecular weight excluding hydrogens is 304 g/mol. The van der Waals surface area contributed by atoms with Crippen molar-refractivity contribution in [3.63, 3.8) is 0 Å². The second-order valence-corrected chi connectivity index (χ2v) is 7.17. The predicted molar refractivity (Wildman–Crippen MR) is 95.7 cm³/mol. The first-order valence-corrected chi connectivity index (χ1v) is 9.39. The van der Waals surface area contributed by atoms with E-state index in [4.69, 9.17) is 4.98 Å². The van der Waals surface area contributed by atoms with Crippen LogP contribution in [0.3, 0.4) is 0 Å². The van der Waals surface area contributed by atoms with Crippen molar-refractivity contribution >= 4 is 17.2 Å². The number of benzene rings is 1. The van der Waals surface area contributed by atoms with E-state index in [1.165, 1.54) is 24.0 Å². The van der Waals surface area contributed by atoms with E-state index in [-0.39, 0.29) is 5.91 Å². The lowest BCUT2D eigenvalue weighted by Crippen LogP contribution is -2.31. The molecule has 0 N–H and O–H groups in total. The van der Waals surface area contributed by atoms with Crippen molar-refractivity contribution in [1.29, 1.82) is 0 Å². The van der Waals surface area contributed by atoms with Crippen LogP contribution < -0.4 is 0 Å². The molecule has 1 saturated heterocycles. The molecule has 0 radical (unpaired) electrons. The van der Waals surface area contributed by atoms with E-state index in [2.05, 4.69) is 36.6 Å². The van der Waals surface area contributed by atoms with Crippen molar-refractivity contribution in [3.05, 3.63) is 40.9 Å². The molecule has 0 bridgehead atoms. The Morgan fingerprint density at radius 3 is 2.74 bits per heavy atom. The van der Waals surface area contributed by atoms with E-state index in [9.17, 15) is 4.79 Å². The Morgan fingerprint density at radius 2 is 2.00 bits per heavy atom. The fourth-order valence-electron chi connectivity index (χ4n) is 3.05. The van der Waals surface area contributed by atoms with Crippen molar-refractivity contribution in [1.82, 2.24) is 9.88 Å². The van der Waals surface area contributed by atoms with Crippen molar-refractivity contribution in [2.45, 2.75) is 45.4 Å². The lowest BCUT2D eigenvalue weighted by molar-refractivity contribution is -0.131. The second-order valence-electron chi connectivity index (χ2n) is 6.31. The fourth-order valence-corrected chi connectivity index (χ4v) is 3.90. The highest BCUT2D eigenvalue weighted by Gasteiger charge is 2.16. The van der Waals surface area contributed by atoms with Crippen molar-refractivity contribution in [2.24, 2.45) is 0 Å².